The summed E-state index contributed by atoms with van der Waals surface area (Å²) in [5.41, 5.74) is 0.165. The number of aromatic amines is 1. The summed E-state index contributed by atoms with van der Waals surface area (Å²) in [5.74, 6) is 1.41. The standard InChI is InChI=1S/C19H21F3N4OS/c1-27-16-5-2-4-15(12-16)24-18(28)26-9-3-8-25(10-11-26)17-7-6-14(13-23-17)19(20,21)22/h2,4-7,12-13H,3,8-11H2,1H3,(H,24,28)/p+1. The van der Waals surface area contributed by atoms with Crippen LogP contribution >= 0.6 is 12.2 Å². The summed E-state index contributed by atoms with van der Waals surface area (Å²) >= 11 is 5.53. The van der Waals surface area contributed by atoms with E-state index in [4.69, 9.17) is 17.0 Å². The van der Waals surface area contributed by atoms with Gasteiger partial charge in [0.05, 0.1) is 25.8 Å². The molecule has 1 fully saturated rings. The number of thiocarbonyl (C=S) groups is 1. The number of aromatic nitrogens is 1. The summed E-state index contributed by atoms with van der Waals surface area (Å²) in [7, 11) is 1.61. The minimum Gasteiger partial charge on any atom is -0.497 e. The van der Waals surface area contributed by atoms with Crippen molar-refractivity contribution in [1.82, 2.24) is 4.90 Å². The number of hydrogen-bond donors (Lipinski definition) is 1. The maximum atomic E-state index is 12.7. The second-order valence-electron chi connectivity index (χ2n) is 6.45. The second kappa shape index (κ2) is 8.64. The van der Waals surface area contributed by atoms with Crippen LogP contribution in [0.5, 0.6) is 5.75 Å². The summed E-state index contributed by atoms with van der Waals surface area (Å²) in [6.07, 6.45) is -2.50. The average molecular weight is 411 g/mol. The third-order valence-corrected chi connectivity index (χ3v) is 4.93. The molecule has 2 aromatic rings. The zero-order valence-corrected chi connectivity index (χ0v) is 16.2. The van der Waals surface area contributed by atoms with Gasteiger partial charge in [-0.05, 0) is 30.4 Å². The molecule has 5 nitrogen and oxygen atoms in total. The Morgan fingerprint density at radius 3 is 2.64 bits per heavy atom. The lowest BCUT2D eigenvalue weighted by molar-refractivity contribution is -0.367. The van der Waals surface area contributed by atoms with Crippen LogP contribution < -0.4 is 19.9 Å². The van der Waals surface area contributed by atoms with E-state index >= 15 is 0 Å². The van der Waals surface area contributed by atoms with Crippen molar-refractivity contribution in [3.05, 3.63) is 48.2 Å². The van der Waals surface area contributed by atoms with Crippen molar-refractivity contribution in [3.8, 4) is 5.75 Å². The molecule has 0 aliphatic carbocycles. The van der Waals surface area contributed by atoms with Crippen LogP contribution in [0.4, 0.5) is 24.7 Å². The maximum Gasteiger partial charge on any atom is 0.419 e. The summed E-state index contributed by atoms with van der Waals surface area (Å²) < 4.78 is 43.4. The zero-order valence-electron chi connectivity index (χ0n) is 15.4. The van der Waals surface area contributed by atoms with Gasteiger partial charge < -0.3 is 15.0 Å². The molecule has 2 N–H and O–H groups in total. The molecule has 0 bridgehead atoms. The van der Waals surface area contributed by atoms with Crippen molar-refractivity contribution in [1.29, 1.82) is 0 Å². The highest BCUT2D eigenvalue weighted by Gasteiger charge is 2.32. The second-order valence-corrected chi connectivity index (χ2v) is 6.84. The van der Waals surface area contributed by atoms with Crippen molar-refractivity contribution >= 4 is 28.8 Å². The number of anilines is 2. The molecule has 150 valence electrons. The van der Waals surface area contributed by atoms with Gasteiger partial charge in [-0.15, -0.1) is 0 Å². The van der Waals surface area contributed by atoms with Crippen LogP contribution in [0.15, 0.2) is 42.6 Å². The molecule has 1 aromatic carbocycles. The average Bonchev–Trinajstić information content (AvgIpc) is 2.94. The van der Waals surface area contributed by atoms with Crippen LogP contribution in [-0.4, -0.2) is 43.3 Å². The smallest absolute Gasteiger partial charge is 0.419 e. The van der Waals surface area contributed by atoms with Gasteiger partial charge in [0.2, 0.25) is 0 Å². The van der Waals surface area contributed by atoms with E-state index in [2.05, 4.69) is 15.2 Å². The van der Waals surface area contributed by atoms with Gasteiger partial charge in [0, 0.05) is 30.8 Å². The number of pyridine rings is 1. The Balaban J connectivity index is 1.60. The molecule has 1 saturated heterocycles. The van der Waals surface area contributed by atoms with Gasteiger partial charge in [0.15, 0.2) is 5.11 Å². The zero-order chi connectivity index (χ0) is 20.1. The van der Waals surface area contributed by atoms with Crippen LogP contribution in [0.3, 0.4) is 0 Å². The number of ether oxygens (including phenoxy) is 1. The van der Waals surface area contributed by atoms with E-state index in [9.17, 15) is 13.2 Å². The minimum atomic E-state index is -4.34. The molecule has 0 saturated carbocycles. The van der Waals surface area contributed by atoms with Crippen LogP contribution in [-0.2, 0) is 6.18 Å². The molecule has 0 amide bonds. The molecule has 9 heteroatoms. The van der Waals surface area contributed by atoms with Gasteiger partial charge in [-0.3, -0.25) is 4.90 Å². The van der Waals surface area contributed by atoms with Crippen molar-refractivity contribution in [2.45, 2.75) is 12.6 Å². The highest BCUT2D eigenvalue weighted by atomic mass is 32.1. The molecule has 0 unspecified atom stereocenters. The van der Waals surface area contributed by atoms with Crippen LogP contribution in [0.1, 0.15) is 12.0 Å². The highest BCUT2D eigenvalue weighted by Crippen LogP contribution is 2.28. The summed E-state index contributed by atoms with van der Waals surface area (Å²) in [6, 6.07) is 10.1. The summed E-state index contributed by atoms with van der Waals surface area (Å²) in [4.78, 5) is 6.87. The maximum absolute atomic E-state index is 12.7. The SMILES string of the molecule is COc1cccc(NC(=S)N2CCCN(c3ccc(C(F)(F)F)c[nH+]3)CC2)c1. The quantitative estimate of drug-likeness (QED) is 0.784. The van der Waals surface area contributed by atoms with Gasteiger partial charge in [0.25, 0.3) is 5.82 Å². The number of methoxy groups -OCH3 is 1. The normalized spacial score (nSPS) is 15.1. The predicted octanol–water partition coefficient (Wildman–Crippen LogP) is 3.44. The Kier molecular flexibility index (Phi) is 6.23. The lowest BCUT2D eigenvalue weighted by Gasteiger charge is -2.23. The third kappa shape index (κ3) is 5.03. The third-order valence-electron chi connectivity index (χ3n) is 4.57. The Morgan fingerprint density at radius 2 is 1.96 bits per heavy atom. The Labute approximate surface area is 167 Å². The molecule has 0 atom stereocenters. The van der Waals surface area contributed by atoms with E-state index in [1.807, 2.05) is 29.2 Å². The predicted molar refractivity (Wildman–Crippen MR) is 106 cm³/mol. The Morgan fingerprint density at radius 1 is 1.14 bits per heavy atom. The first-order valence-corrected chi connectivity index (χ1v) is 9.31. The van der Waals surface area contributed by atoms with E-state index in [1.54, 1.807) is 7.11 Å². The van der Waals surface area contributed by atoms with Gasteiger partial charge >= 0.3 is 6.18 Å². The number of halogens is 3. The van der Waals surface area contributed by atoms with Gasteiger partial charge in [0.1, 0.15) is 18.5 Å². The van der Waals surface area contributed by atoms with Gasteiger partial charge in [-0.2, -0.15) is 13.2 Å². The lowest BCUT2D eigenvalue weighted by atomic mass is 10.2. The van der Waals surface area contributed by atoms with Gasteiger partial charge in [-0.25, -0.2) is 4.98 Å². The number of rotatable bonds is 3. The van der Waals surface area contributed by atoms with Crippen LogP contribution in [0.25, 0.3) is 0 Å². The molecule has 28 heavy (non-hydrogen) atoms. The van der Waals surface area contributed by atoms with Crippen molar-refractivity contribution in [2.24, 2.45) is 0 Å². The topological polar surface area (TPSA) is 41.9 Å². The fraction of sp³-hybridized carbons (Fsp3) is 0.368. The highest BCUT2D eigenvalue weighted by molar-refractivity contribution is 7.80. The van der Waals surface area contributed by atoms with Crippen molar-refractivity contribution in [3.63, 3.8) is 0 Å². The minimum absolute atomic E-state index is 0.617. The fourth-order valence-corrected chi connectivity index (χ4v) is 3.35. The molecule has 1 aliphatic rings. The van der Waals surface area contributed by atoms with Crippen molar-refractivity contribution < 1.29 is 22.9 Å². The first-order valence-electron chi connectivity index (χ1n) is 8.90. The molecular formula is C19H22F3N4OS+. The number of hydrogen-bond acceptors (Lipinski definition) is 3. The molecule has 1 aliphatic heterocycles. The number of nitrogens with one attached hydrogen (secondary N) is 2. The first-order chi connectivity index (χ1) is 13.4. The summed E-state index contributed by atoms with van der Waals surface area (Å²) in [6.45, 7) is 2.83. The van der Waals surface area contributed by atoms with Crippen molar-refractivity contribution in [2.75, 3.05) is 43.5 Å². The van der Waals surface area contributed by atoms with E-state index < -0.39 is 11.7 Å². The monoisotopic (exact) mass is 411 g/mol. The van der Waals surface area contributed by atoms with Gasteiger partial charge in [-0.1, -0.05) is 6.07 Å². The molecular weight excluding hydrogens is 389 g/mol. The molecule has 0 spiro atoms. The van der Waals surface area contributed by atoms with Crippen LogP contribution in [0.2, 0.25) is 0 Å². The molecule has 0 radical (unpaired) electrons. The van der Waals surface area contributed by atoms with Crippen LogP contribution in [0, 0.1) is 0 Å². The van der Waals surface area contributed by atoms with E-state index in [0.29, 0.717) is 24.0 Å². The molecule has 2 heterocycles. The lowest BCUT2D eigenvalue weighted by Crippen LogP contribution is -2.38. The number of alkyl halides is 3. The molecule has 1 aromatic heterocycles. The number of benzene rings is 1. The largest absolute Gasteiger partial charge is 0.497 e. The number of nitrogens with zero attached hydrogens (tertiary/aromatic N) is 2. The summed E-state index contributed by atoms with van der Waals surface area (Å²) in [5, 5.41) is 3.84. The fourth-order valence-electron chi connectivity index (χ4n) is 3.05. The Bertz CT molecular complexity index is 814. The van der Waals surface area contributed by atoms with E-state index in [0.717, 1.165) is 43.2 Å². The molecule has 3 rings (SSSR count). The van der Waals surface area contributed by atoms with E-state index in [-0.39, 0.29) is 0 Å². The first kappa shape index (κ1) is 20.2. The van der Waals surface area contributed by atoms with E-state index in [1.165, 1.54) is 6.07 Å². The Hall–Kier alpha value is -2.55. The number of H-pyrrole nitrogens is 1.